The number of aliphatic carboxylic acids is 1. The minimum Gasteiger partial charge on any atom is -0.481 e. The highest BCUT2D eigenvalue weighted by atomic mass is 32.1. The molecular weight excluding hydrogens is 242 g/mol. The predicted octanol–water partition coefficient (Wildman–Crippen LogP) is 0.874. The standard InChI is InChI=1S/C10H15N3O3S/c1-5-6(17-9(11)13-5)7(14)12-4-10(2,3)8(15)16/h4H2,1-3H3,(H2,11,13)(H,12,14)(H,15,16). The summed E-state index contributed by atoms with van der Waals surface area (Å²) in [6, 6.07) is 0. The van der Waals surface area contributed by atoms with E-state index in [1.165, 1.54) is 0 Å². The molecule has 1 heterocycles. The molecule has 0 radical (unpaired) electrons. The van der Waals surface area contributed by atoms with Crippen molar-refractivity contribution in [1.82, 2.24) is 10.3 Å². The fourth-order valence-corrected chi connectivity index (χ4v) is 1.84. The molecule has 0 aromatic carbocycles. The molecule has 1 rings (SSSR count). The smallest absolute Gasteiger partial charge is 0.310 e. The fourth-order valence-electron chi connectivity index (χ4n) is 1.09. The van der Waals surface area contributed by atoms with Crippen molar-refractivity contribution < 1.29 is 14.7 Å². The molecule has 0 saturated carbocycles. The number of thiazole rings is 1. The maximum Gasteiger partial charge on any atom is 0.310 e. The Balaban J connectivity index is 2.68. The van der Waals surface area contributed by atoms with E-state index in [0.29, 0.717) is 15.7 Å². The number of carbonyl (C=O) groups excluding carboxylic acids is 1. The van der Waals surface area contributed by atoms with Crippen LogP contribution in [0, 0.1) is 12.3 Å². The maximum absolute atomic E-state index is 11.8. The highest BCUT2D eigenvalue weighted by molar-refractivity contribution is 7.17. The number of hydrogen-bond donors (Lipinski definition) is 3. The van der Waals surface area contributed by atoms with Crippen LogP contribution in [0.15, 0.2) is 0 Å². The zero-order valence-corrected chi connectivity index (χ0v) is 10.7. The van der Waals surface area contributed by atoms with E-state index < -0.39 is 11.4 Å². The van der Waals surface area contributed by atoms with Gasteiger partial charge in [0.1, 0.15) is 4.88 Å². The van der Waals surface area contributed by atoms with Crippen molar-refractivity contribution in [2.45, 2.75) is 20.8 Å². The van der Waals surface area contributed by atoms with Crippen molar-refractivity contribution in [3.63, 3.8) is 0 Å². The number of nitrogens with two attached hydrogens (primary N) is 1. The van der Waals surface area contributed by atoms with E-state index in [1.807, 2.05) is 0 Å². The Bertz CT molecular complexity index is 454. The molecule has 94 valence electrons. The van der Waals surface area contributed by atoms with Crippen molar-refractivity contribution in [2.24, 2.45) is 5.41 Å². The first-order chi connectivity index (χ1) is 7.74. The van der Waals surface area contributed by atoms with Gasteiger partial charge in [0.05, 0.1) is 11.1 Å². The van der Waals surface area contributed by atoms with E-state index >= 15 is 0 Å². The summed E-state index contributed by atoms with van der Waals surface area (Å²) in [4.78, 5) is 27.0. The van der Waals surface area contributed by atoms with Crippen molar-refractivity contribution in [3.8, 4) is 0 Å². The SMILES string of the molecule is Cc1nc(N)sc1C(=O)NCC(C)(C)C(=O)O. The first-order valence-electron chi connectivity index (χ1n) is 4.98. The molecule has 0 fully saturated rings. The molecule has 0 aliphatic heterocycles. The number of nitrogens with one attached hydrogen (secondary N) is 1. The summed E-state index contributed by atoms with van der Waals surface area (Å²) < 4.78 is 0. The Kier molecular flexibility index (Phi) is 3.72. The molecule has 0 unspecified atom stereocenters. The highest BCUT2D eigenvalue weighted by Crippen LogP contribution is 2.20. The van der Waals surface area contributed by atoms with Gasteiger partial charge in [-0.2, -0.15) is 0 Å². The monoisotopic (exact) mass is 257 g/mol. The first kappa shape index (κ1) is 13.4. The number of hydrogen-bond acceptors (Lipinski definition) is 5. The van der Waals surface area contributed by atoms with Crippen LogP contribution in [0.3, 0.4) is 0 Å². The molecule has 0 spiro atoms. The molecule has 1 aromatic heterocycles. The zero-order valence-electron chi connectivity index (χ0n) is 9.90. The van der Waals surface area contributed by atoms with Gasteiger partial charge in [0, 0.05) is 6.54 Å². The van der Waals surface area contributed by atoms with Gasteiger partial charge in [-0.1, -0.05) is 11.3 Å². The summed E-state index contributed by atoms with van der Waals surface area (Å²) >= 11 is 1.09. The average molecular weight is 257 g/mol. The largest absolute Gasteiger partial charge is 0.481 e. The lowest BCUT2D eigenvalue weighted by molar-refractivity contribution is -0.146. The van der Waals surface area contributed by atoms with Crippen molar-refractivity contribution in [2.75, 3.05) is 12.3 Å². The summed E-state index contributed by atoms with van der Waals surface area (Å²) in [5, 5.41) is 11.8. The summed E-state index contributed by atoms with van der Waals surface area (Å²) in [5.74, 6) is -1.30. The lowest BCUT2D eigenvalue weighted by Gasteiger charge is -2.19. The van der Waals surface area contributed by atoms with Gasteiger partial charge in [0.15, 0.2) is 5.13 Å². The highest BCUT2D eigenvalue weighted by Gasteiger charge is 2.28. The number of nitrogen functional groups attached to an aromatic ring is 1. The molecule has 17 heavy (non-hydrogen) atoms. The van der Waals surface area contributed by atoms with Crippen LogP contribution in [0.2, 0.25) is 0 Å². The average Bonchev–Trinajstić information content (AvgIpc) is 2.54. The summed E-state index contributed by atoms with van der Waals surface area (Å²) in [6.45, 7) is 4.83. The third-order valence-electron chi connectivity index (χ3n) is 2.29. The van der Waals surface area contributed by atoms with Gasteiger partial charge < -0.3 is 16.2 Å². The van der Waals surface area contributed by atoms with Crippen LogP contribution in [0.1, 0.15) is 29.2 Å². The molecule has 0 atom stereocenters. The number of aromatic nitrogens is 1. The second-order valence-electron chi connectivity index (χ2n) is 4.34. The van der Waals surface area contributed by atoms with Gasteiger partial charge in [-0.15, -0.1) is 0 Å². The van der Waals surface area contributed by atoms with Crippen LogP contribution in [-0.4, -0.2) is 28.5 Å². The van der Waals surface area contributed by atoms with Gasteiger partial charge in [-0.25, -0.2) is 4.98 Å². The quantitative estimate of drug-likeness (QED) is 0.742. The Morgan fingerprint density at radius 2 is 2.12 bits per heavy atom. The molecule has 4 N–H and O–H groups in total. The second-order valence-corrected chi connectivity index (χ2v) is 5.37. The van der Waals surface area contributed by atoms with Gasteiger partial charge in [0.2, 0.25) is 0 Å². The van der Waals surface area contributed by atoms with E-state index in [9.17, 15) is 9.59 Å². The molecule has 0 bridgehead atoms. The van der Waals surface area contributed by atoms with Crippen LogP contribution < -0.4 is 11.1 Å². The van der Waals surface area contributed by atoms with E-state index in [2.05, 4.69) is 10.3 Å². The number of aryl methyl sites for hydroxylation is 1. The predicted molar refractivity (Wildman–Crippen MR) is 65.0 cm³/mol. The van der Waals surface area contributed by atoms with Crippen LogP contribution >= 0.6 is 11.3 Å². The van der Waals surface area contributed by atoms with Gasteiger partial charge in [0.25, 0.3) is 5.91 Å². The zero-order chi connectivity index (χ0) is 13.2. The van der Waals surface area contributed by atoms with Gasteiger partial charge in [-0.3, -0.25) is 9.59 Å². The van der Waals surface area contributed by atoms with E-state index in [-0.39, 0.29) is 12.5 Å². The van der Waals surface area contributed by atoms with Crippen LogP contribution in [0.5, 0.6) is 0 Å². The number of anilines is 1. The number of amides is 1. The van der Waals surface area contributed by atoms with Crippen LogP contribution in [-0.2, 0) is 4.79 Å². The normalized spacial score (nSPS) is 11.2. The first-order valence-corrected chi connectivity index (χ1v) is 5.80. The lowest BCUT2D eigenvalue weighted by atomic mass is 9.94. The van der Waals surface area contributed by atoms with Crippen molar-refractivity contribution >= 4 is 28.3 Å². The van der Waals surface area contributed by atoms with Crippen LogP contribution in [0.25, 0.3) is 0 Å². The molecular formula is C10H15N3O3S. The lowest BCUT2D eigenvalue weighted by Crippen LogP contribution is -2.38. The molecule has 0 aliphatic carbocycles. The fraction of sp³-hybridized carbons (Fsp3) is 0.500. The number of nitrogens with zero attached hydrogens (tertiary/aromatic N) is 1. The third kappa shape index (κ3) is 3.16. The molecule has 7 heteroatoms. The van der Waals surface area contributed by atoms with E-state index in [0.717, 1.165) is 11.3 Å². The molecule has 1 aromatic rings. The summed E-state index contributed by atoms with van der Waals surface area (Å²) in [7, 11) is 0. The Morgan fingerprint density at radius 1 is 1.53 bits per heavy atom. The van der Waals surface area contributed by atoms with Gasteiger partial charge in [-0.05, 0) is 20.8 Å². The molecule has 0 aliphatic rings. The summed E-state index contributed by atoms with van der Waals surface area (Å²) in [6.07, 6.45) is 0. The number of carboxylic acids is 1. The van der Waals surface area contributed by atoms with Gasteiger partial charge >= 0.3 is 5.97 Å². The van der Waals surface area contributed by atoms with E-state index in [1.54, 1.807) is 20.8 Å². The molecule has 1 amide bonds. The maximum atomic E-state index is 11.8. The number of carboxylic acid groups (broad SMARTS) is 1. The Hall–Kier alpha value is -1.63. The minimum atomic E-state index is -1.00. The topological polar surface area (TPSA) is 105 Å². The number of carbonyl (C=O) groups is 2. The molecule has 6 nitrogen and oxygen atoms in total. The minimum absolute atomic E-state index is 0.0540. The third-order valence-corrected chi connectivity index (χ3v) is 3.27. The Morgan fingerprint density at radius 3 is 2.53 bits per heavy atom. The van der Waals surface area contributed by atoms with E-state index in [4.69, 9.17) is 10.8 Å². The Labute approximate surface area is 103 Å². The number of rotatable bonds is 4. The second kappa shape index (κ2) is 4.70. The van der Waals surface area contributed by atoms with Crippen molar-refractivity contribution in [1.29, 1.82) is 0 Å². The van der Waals surface area contributed by atoms with Crippen molar-refractivity contribution in [3.05, 3.63) is 10.6 Å². The summed E-state index contributed by atoms with van der Waals surface area (Å²) in [5.41, 5.74) is 5.03. The van der Waals surface area contributed by atoms with Crippen LogP contribution in [0.4, 0.5) is 5.13 Å². The molecule has 0 saturated heterocycles.